The first-order valence-corrected chi connectivity index (χ1v) is 11.7. The second kappa shape index (κ2) is 10.1. The van der Waals surface area contributed by atoms with Gasteiger partial charge >= 0.3 is 0 Å². The molecule has 1 saturated heterocycles. The Morgan fingerprint density at radius 1 is 1.09 bits per heavy atom. The van der Waals surface area contributed by atoms with Gasteiger partial charge in [0.2, 0.25) is 0 Å². The molecular formula is C26H32FN3O5. The molecule has 2 heterocycles. The first-order valence-electron chi connectivity index (χ1n) is 11.7. The maximum absolute atomic E-state index is 15.1. The standard InChI is InChI=1S/C26H32FN3O5/c1-15(2)18-10-16(11-19(24(18)33-4)29-6-8-35-9-7-29)20(31)14-30-13-17-12-21(32-3)25(34-5)23(27)22(17)26(30)28/h10-12,15,28H,6-9,13-14H2,1-5H3. The van der Waals surface area contributed by atoms with E-state index in [1.54, 1.807) is 18.1 Å². The lowest BCUT2D eigenvalue weighted by atomic mass is 9.96. The van der Waals surface area contributed by atoms with Crippen molar-refractivity contribution < 1.29 is 28.1 Å². The number of hydrogen-bond acceptors (Lipinski definition) is 7. The highest BCUT2D eigenvalue weighted by atomic mass is 19.1. The van der Waals surface area contributed by atoms with E-state index in [1.165, 1.54) is 14.2 Å². The van der Waals surface area contributed by atoms with Crippen LogP contribution in [0, 0.1) is 11.2 Å². The summed E-state index contributed by atoms with van der Waals surface area (Å²) in [5.41, 5.74) is 3.08. The third-order valence-corrected chi connectivity index (χ3v) is 6.54. The van der Waals surface area contributed by atoms with Crippen molar-refractivity contribution in [2.24, 2.45) is 0 Å². The lowest BCUT2D eigenvalue weighted by Crippen LogP contribution is -2.37. The van der Waals surface area contributed by atoms with Gasteiger partial charge in [-0.2, -0.15) is 0 Å². The predicted octanol–water partition coefficient (Wildman–Crippen LogP) is 3.84. The number of fused-ring (bicyclic) bond motifs is 1. The Bertz CT molecular complexity index is 1140. The molecule has 0 amide bonds. The second-order valence-electron chi connectivity index (χ2n) is 8.96. The minimum atomic E-state index is -0.650. The summed E-state index contributed by atoms with van der Waals surface area (Å²) in [5, 5.41) is 8.56. The summed E-state index contributed by atoms with van der Waals surface area (Å²) in [6.45, 7) is 6.95. The number of Topliss-reactive ketones (excluding diaryl/α,β-unsaturated/α-hetero) is 1. The SMILES string of the molecule is COc1cc2c(c(F)c1OC)C(=N)N(CC(=O)c1cc(C(C)C)c(OC)c(N3CCOCC3)c1)C2. The summed E-state index contributed by atoms with van der Waals surface area (Å²) >= 11 is 0. The second-order valence-corrected chi connectivity index (χ2v) is 8.96. The van der Waals surface area contributed by atoms with Crippen molar-refractivity contribution >= 4 is 17.3 Å². The average Bonchev–Trinajstić information content (AvgIpc) is 3.18. The number of ketones is 1. The first-order chi connectivity index (χ1) is 16.8. The summed E-state index contributed by atoms with van der Waals surface area (Å²) in [7, 11) is 4.44. The van der Waals surface area contributed by atoms with Crippen LogP contribution in [0.2, 0.25) is 0 Å². The molecule has 2 aromatic rings. The van der Waals surface area contributed by atoms with Crippen molar-refractivity contribution in [1.82, 2.24) is 4.90 Å². The molecular weight excluding hydrogens is 453 g/mol. The lowest BCUT2D eigenvalue weighted by molar-refractivity contribution is 0.0962. The zero-order valence-corrected chi connectivity index (χ0v) is 20.9. The minimum absolute atomic E-state index is 0.0437. The molecule has 0 aliphatic carbocycles. The first kappa shape index (κ1) is 24.8. The maximum atomic E-state index is 15.1. The highest BCUT2D eigenvalue weighted by Gasteiger charge is 2.33. The number of carbonyl (C=O) groups excluding carboxylic acids is 1. The lowest BCUT2D eigenvalue weighted by Gasteiger charge is -2.31. The average molecular weight is 486 g/mol. The Kier molecular flexibility index (Phi) is 7.16. The van der Waals surface area contributed by atoms with Gasteiger partial charge in [0, 0.05) is 25.2 Å². The molecule has 8 nitrogen and oxygen atoms in total. The van der Waals surface area contributed by atoms with Crippen LogP contribution >= 0.6 is 0 Å². The van der Waals surface area contributed by atoms with Crippen molar-refractivity contribution in [1.29, 1.82) is 5.41 Å². The van der Waals surface area contributed by atoms with Crippen LogP contribution in [0.3, 0.4) is 0 Å². The van der Waals surface area contributed by atoms with Crippen molar-refractivity contribution in [2.75, 3.05) is 59.1 Å². The molecule has 2 aliphatic rings. The third-order valence-electron chi connectivity index (χ3n) is 6.54. The molecule has 0 spiro atoms. The smallest absolute Gasteiger partial charge is 0.197 e. The Morgan fingerprint density at radius 3 is 2.37 bits per heavy atom. The van der Waals surface area contributed by atoms with E-state index in [4.69, 9.17) is 24.4 Å². The number of nitrogens with one attached hydrogen (secondary N) is 1. The van der Waals surface area contributed by atoms with Crippen LogP contribution in [-0.2, 0) is 11.3 Å². The van der Waals surface area contributed by atoms with Crippen molar-refractivity contribution in [2.45, 2.75) is 26.3 Å². The van der Waals surface area contributed by atoms with Crippen LogP contribution in [0.5, 0.6) is 17.2 Å². The molecule has 1 fully saturated rings. The van der Waals surface area contributed by atoms with Crippen molar-refractivity contribution in [3.8, 4) is 17.2 Å². The van der Waals surface area contributed by atoms with E-state index in [1.807, 2.05) is 12.1 Å². The Morgan fingerprint density at radius 2 is 1.77 bits per heavy atom. The Hall–Kier alpha value is -3.33. The van der Waals surface area contributed by atoms with E-state index in [0.717, 1.165) is 17.0 Å². The van der Waals surface area contributed by atoms with E-state index >= 15 is 4.39 Å². The van der Waals surface area contributed by atoms with Crippen LogP contribution in [-0.4, -0.2) is 70.7 Å². The van der Waals surface area contributed by atoms with Gasteiger partial charge < -0.3 is 28.7 Å². The number of halogens is 1. The van der Waals surface area contributed by atoms with E-state index in [-0.39, 0.29) is 47.7 Å². The Balaban J connectivity index is 1.65. The van der Waals surface area contributed by atoms with Gasteiger partial charge in [-0.15, -0.1) is 0 Å². The van der Waals surface area contributed by atoms with Gasteiger partial charge in [0.25, 0.3) is 0 Å². The molecule has 2 aromatic carbocycles. The molecule has 9 heteroatoms. The normalized spacial score (nSPS) is 15.5. The fourth-order valence-corrected chi connectivity index (χ4v) is 4.71. The number of benzene rings is 2. The molecule has 0 unspecified atom stereocenters. The van der Waals surface area contributed by atoms with Crippen LogP contribution in [0.4, 0.5) is 10.1 Å². The van der Waals surface area contributed by atoms with E-state index in [2.05, 4.69) is 18.7 Å². The van der Waals surface area contributed by atoms with Gasteiger partial charge in [0.15, 0.2) is 23.1 Å². The number of methoxy groups -OCH3 is 3. The fourth-order valence-electron chi connectivity index (χ4n) is 4.71. The third kappa shape index (κ3) is 4.52. The molecule has 0 saturated carbocycles. The van der Waals surface area contributed by atoms with Crippen LogP contribution in [0.1, 0.15) is 46.8 Å². The molecule has 4 rings (SSSR count). The number of carbonyl (C=O) groups is 1. The molecule has 0 aromatic heterocycles. The fraction of sp³-hybridized carbons (Fsp3) is 0.462. The quantitative estimate of drug-likeness (QED) is 0.569. The number of hydrogen-bond donors (Lipinski definition) is 1. The van der Waals surface area contributed by atoms with Gasteiger partial charge in [-0.3, -0.25) is 10.2 Å². The number of rotatable bonds is 8. The Labute approximate surface area is 205 Å². The van der Waals surface area contributed by atoms with Crippen molar-refractivity contribution in [3.63, 3.8) is 0 Å². The van der Waals surface area contributed by atoms with Crippen LogP contribution < -0.4 is 19.1 Å². The number of nitrogens with zero attached hydrogens (tertiary/aromatic N) is 2. The zero-order valence-electron chi connectivity index (χ0n) is 20.9. The van der Waals surface area contributed by atoms with Gasteiger partial charge in [-0.05, 0) is 35.2 Å². The van der Waals surface area contributed by atoms with Gasteiger partial charge in [-0.1, -0.05) is 13.8 Å². The van der Waals surface area contributed by atoms with E-state index in [9.17, 15) is 4.79 Å². The summed E-state index contributed by atoms with van der Waals surface area (Å²) in [6.07, 6.45) is 0. The number of anilines is 1. The summed E-state index contributed by atoms with van der Waals surface area (Å²) in [5.74, 6) is 0.274. The highest BCUT2D eigenvalue weighted by molar-refractivity contribution is 6.06. The molecule has 0 atom stereocenters. The van der Waals surface area contributed by atoms with Crippen molar-refractivity contribution in [3.05, 3.63) is 46.3 Å². The molecule has 0 radical (unpaired) electrons. The van der Waals surface area contributed by atoms with E-state index < -0.39 is 5.82 Å². The molecule has 2 aliphatic heterocycles. The minimum Gasteiger partial charge on any atom is -0.494 e. The molecule has 0 bridgehead atoms. The van der Waals surface area contributed by atoms with Crippen LogP contribution in [0.25, 0.3) is 0 Å². The monoisotopic (exact) mass is 485 g/mol. The summed E-state index contributed by atoms with van der Waals surface area (Å²) < 4.78 is 36.8. The van der Waals surface area contributed by atoms with Gasteiger partial charge in [0.1, 0.15) is 11.6 Å². The summed E-state index contributed by atoms with van der Waals surface area (Å²) in [6, 6.07) is 5.39. The topological polar surface area (TPSA) is 84.3 Å². The van der Waals surface area contributed by atoms with Gasteiger partial charge in [-0.25, -0.2) is 4.39 Å². The maximum Gasteiger partial charge on any atom is 0.197 e. The van der Waals surface area contributed by atoms with Gasteiger partial charge in [0.05, 0.1) is 52.3 Å². The highest BCUT2D eigenvalue weighted by Crippen LogP contribution is 2.40. The predicted molar refractivity (Wildman–Crippen MR) is 131 cm³/mol. The van der Waals surface area contributed by atoms with E-state index in [0.29, 0.717) is 37.4 Å². The number of ether oxygens (including phenoxy) is 4. The summed E-state index contributed by atoms with van der Waals surface area (Å²) in [4.78, 5) is 17.2. The molecule has 188 valence electrons. The molecule has 1 N–H and O–H groups in total. The van der Waals surface area contributed by atoms with Crippen LogP contribution in [0.15, 0.2) is 18.2 Å². The largest absolute Gasteiger partial charge is 0.494 e. The molecule has 35 heavy (non-hydrogen) atoms. The number of morpholine rings is 1. The zero-order chi connectivity index (χ0) is 25.3. The number of amidine groups is 1.